The Hall–Kier alpha value is -3.13. The first kappa shape index (κ1) is 17.3. The number of aromatic nitrogens is 2. The maximum absolute atomic E-state index is 14.1. The van der Waals surface area contributed by atoms with Gasteiger partial charge in [0, 0.05) is 24.1 Å². The van der Waals surface area contributed by atoms with Crippen molar-refractivity contribution in [3.63, 3.8) is 0 Å². The molecule has 4 aromatic rings. The first-order valence-corrected chi connectivity index (χ1v) is 8.73. The van der Waals surface area contributed by atoms with Crippen LogP contribution in [0.25, 0.3) is 21.5 Å². The molecule has 0 radical (unpaired) electrons. The van der Waals surface area contributed by atoms with E-state index < -0.39 is 23.4 Å². The Labute approximate surface area is 155 Å². The summed E-state index contributed by atoms with van der Waals surface area (Å²) < 4.78 is 42.7. The predicted octanol–water partition coefficient (Wildman–Crippen LogP) is 4.97. The lowest BCUT2D eigenvalue weighted by molar-refractivity contribution is 0.103. The molecule has 27 heavy (non-hydrogen) atoms. The van der Waals surface area contributed by atoms with Gasteiger partial charge in [-0.05, 0) is 30.3 Å². The number of nitrogens with zero attached hydrogens (tertiary/aromatic N) is 2. The lowest BCUT2D eigenvalue weighted by Gasteiger charge is -2.05. The summed E-state index contributed by atoms with van der Waals surface area (Å²) in [5.74, 6) is -2.40. The van der Waals surface area contributed by atoms with E-state index in [0.29, 0.717) is 21.5 Å². The molecule has 8 heteroatoms. The normalized spacial score (nSPS) is 11.1. The molecule has 0 spiro atoms. The van der Waals surface area contributed by atoms with Crippen LogP contribution in [-0.2, 0) is 7.05 Å². The molecular formula is C19H12F3N3OS. The van der Waals surface area contributed by atoms with E-state index in [-0.39, 0.29) is 10.6 Å². The minimum atomic E-state index is -0.737. The number of thiophene rings is 1. The number of fused-ring (bicyclic) bond motifs is 1. The molecule has 0 fully saturated rings. The molecule has 2 heterocycles. The first-order chi connectivity index (χ1) is 12.9. The largest absolute Gasteiger partial charge is 0.319 e. The van der Waals surface area contributed by atoms with Crippen LogP contribution in [0.5, 0.6) is 0 Å². The van der Waals surface area contributed by atoms with Gasteiger partial charge in [-0.15, -0.1) is 11.3 Å². The summed E-state index contributed by atoms with van der Waals surface area (Å²) in [6.45, 7) is 0. The molecule has 0 bridgehead atoms. The summed E-state index contributed by atoms with van der Waals surface area (Å²) in [4.78, 5) is 13.4. The van der Waals surface area contributed by atoms with Crippen LogP contribution in [0.4, 0.5) is 18.9 Å². The van der Waals surface area contributed by atoms with Gasteiger partial charge in [-0.3, -0.25) is 9.48 Å². The number of halogens is 3. The second-order valence-electron chi connectivity index (χ2n) is 5.86. The second-order valence-corrected chi connectivity index (χ2v) is 6.89. The molecule has 1 amide bonds. The number of carbonyl (C=O) groups excluding carboxylic acids is 1. The number of hydrogen-bond donors (Lipinski definition) is 1. The smallest absolute Gasteiger partial charge is 0.265 e. The molecule has 1 N–H and O–H groups in total. The van der Waals surface area contributed by atoms with Gasteiger partial charge in [0.2, 0.25) is 0 Å². The van der Waals surface area contributed by atoms with Crippen molar-refractivity contribution < 1.29 is 18.0 Å². The highest BCUT2D eigenvalue weighted by Crippen LogP contribution is 2.35. The molecule has 4 rings (SSSR count). The van der Waals surface area contributed by atoms with Crippen molar-refractivity contribution in [2.45, 2.75) is 0 Å². The first-order valence-electron chi connectivity index (χ1n) is 7.92. The standard InChI is InChI=1S/C19H12F3N3OS/c1-25-19-12(17(24-25)11-4-2-3-5-13(11)21)9-16(27-19)18(26)23-15-8-10(20)6-7-14(15)22/h2-9H,1H3,(H,23,26). The fourth-order valence-corrected chi connectivity index (χ4v) is 3.75. The Bertz CT molecular complexity index is 1180. The summed E-state index contributed by atoms with van der Waals surface area (Å²) in [5.41, 5.74) is 0.492. The summed E-state index contributed by atoms with van der Waals surface area (Å²) in [6, 6.07) is 10.6. The fraction of sp³-hybridized carbons (Fsp3) is 0.0526. The quantitative estimate of drug-likeness (QED) is 0.539. The lowest BCUT2D eigenvalue weighted by Crippen LogP contribution is -2.11. The van der Waals surface area contributed by atoms with Crippen LogP contribution in [-0.4, -0.2) is 15.7 Å². The van der Waals surface area contributed by atoms with Crippen molar-refractivity contribution in [2.24, 2.45) is 7.05 Å². The lowest BCUT2D eigenvalue weighted by atomic mass is 10.1. The molecule has 0 aliphatic heterocycles. The van der Waals surface area contributed by atoms with Crippen molar-refractivity contribution >= 4 is 33.1 Å². The van der Waals surface area contributed by atoms with Gasteiger partial charge in [0.05, 0.1) is 10.6 Å². The van der Waals surface area contributed by atoms with E-state index >= 15 is 0 Å². The average molecular weight is 387 g/mol. The minimum Gasteiger partial charge on any atom is -0.319 e. The van der Waals surface area contributed by atoms with Crippen molar-refractivity contribution in [1.82, 2.24) is 9.78 Å². The van der Waals surface area contributed by atoms with Crippen LogP contribution in [0, 0.1) is 17.5 Å². The topological polar surface area (TPSA) is 46.9 Å². The van der Waals surface area contributed by atoms with E-state index in [0.717, 1.165) is 29.5 Å². The number of hydrogen-bond acceptors (Lipinski definition) is 3. The van der Waals surface area contributed by atoms with Gasteiger partial charge in [0.15, 0.2) is 0 Å². The zero-order valence-electron chi connectivity index (χ0n) is 14.0. The number of aryl methyl sites for hydroxylation is 1. The highest BCUT2D eigenvalue weighted by Gasteiger charge is 2.20. The van der Waals surface area contributed by atoms with E-state index in [4.69, 9.17) is 0 Å². The van der Waals surface area contributed by atoms with Gasteiger partial charge >= 0.3 is 0 Å². The maximum atomic E-state index is 14.1. The third-order valence-electron chi connectivity index (χ3n) is 4.04. The highest BCUT2D eigenvalue weighted by molar-refractivity contribution is 7.20. The number of benzene rings is 2. The highest BCUT2D eigenvalue weighted by atomic mass is 32.1. The monoisotopic (exact) mass is 387 g/mol. The summed E-state index contributed by atoms with van der Waals surface area (Å²) >= 11 is 1.13. The van der Waals surface area contributed by atoms with Crippen molar-refractivity contribution in [3.8, 4) is 11.3 Å². The molecule has 136 valence electrons. The van der Waals surface area contributed by atoms with E-state index in [1.165, 1.54) is 6.07 Å². The Morgan fingerprint density at radius 1 is 1.07 bits per heavy atom. The van der Waals surface area contributed by atoms with Crippen LogP contribution < -0.4 is 5.32 Å². The molecule has 0 saturated carbocycles. The Morgan fingerprint density at radius 3 is 2.63 bits per heavy atom. The SMILES string of the molecule is Cn1nc(-c2ccccc2F)c2cc(C(=O)Nc3cc(F)ccc3F)sc21. The fourth-order valence-electron chi connectivity index (χ4n) is 2.78. The van der Waals surface area contributed by atoms with Gasteiger partial charge in [-0.1, -0.05) is 12.1 Å². The predicted molar refractivity (Wildman–Crippen MR) is 98.3 cm³/mol. The maximum Gasteiger partial charge on any atom is 0.265 e. The van der Waals surface area contributed by atoms with E-state index in [2.05, 4.69) is 10.4 Å². The third kappa shape index (κ3) is 3.08. The van der Waals surface area contributed by atoms with Gasteiger partial charge in [-0.25, -0.2) is 13.2 Å². The van der Waals surface area contributed by atoms with Gasteiger partial charge in [0.25, 0.3) is 5.91 Å². The summed E-state index contributed by atoms with van der Waals surface area (Å²) in [6.07, 6.45) is 0. The zero-order valence-corrected chi connectivity index (χ0v) is 14.8. The summed E-state index contributed by atoms with van der Waals surface area (Å²) in [7, 11) is 1.69. The van der Waals surface area contributed by atoms with Crippen LogP contribution >= 0.6 is 11.3 Å². The van der Waals surface area contributed by atoms with Crippen LogP contribution in [0.3, 0.4) is 0 Å². The molecule has 4 nitrogen and oxygen atoms in total. The average Bonchev–Trinajstić information content (AvgIpc) is 3.20. The molecule has 2 aromatic heterocycles. The van der Waals surface area contributed by atoms with Crippen molar-refractivity contribution in [2.75, 3.05) is 5.32 Å². The van der Waals surface area contributed by atoms with E-state index in [1.807, 2.05) is 0 Å². The number of carbonyl (C=O) groups is 1. The van der Waals surface area contributed by atoms with Crippen LogP contribution in [0.2, 0.25) is 0 Å². The number of amides is 1. The van der Waals surface area contributed by atoms with E-state index in [9.17, 15) is 18.0 Å². The van der Waals surface area contributed by atoms with Gasteiger partial charge < -0.3 is 5.32 Å². The Balaban J connectivity index is 1.74. The Morgan fingerprint density at radius 2 is 1.85 bits per heavy atom. The van der Waals surface area contributed by atoms with Gasteiger partial charge in [0.1, 0.15) is 28.0 Å². The third-order valence-corrected chi connectivity index (χ3v) is 5.24. The number of rotatable bonds is 3. The van der Waals surface area contributed by atoms with E-state index in [1.54, 1.807) is 36.0 Å². The molecule has 0 saturated heterocycles. The number of anilines is 1. The molecule has 2 aromatic carbocycles. The number of nitrogens with one attached hydrogen (secondary N) is 1. The Kier molecular flexibility index (Phi) is 4.19. The zero-order chi connectivity index (χ0) is 19.1. The van der Waals surface area contributed by atoms with Crippen molar-refractivity contribution in [1.29, 1.82) is 0 Å². The molecular weight excluding hydrogens is 375 g/mol. The van der Waals surface area contributed by atoms with Crippen LogP contribution in [0.15, 0.2) is 48.5 Å². The minimum absolute atomic E-state index is 0.245. The molecule has 0 aliphatic carbocycles. The van der Waals surface area contributed by atoms with Crippen molar-refractivity contribution in [3.05, 3.63) is 70.9 Å². The van der Waals surface area contributed by atoms with Gasteiger partial charge in [-0.2, -0.15) is 5.10 Å². The second kappa shape index (κ2) is 6.55. The molecule has 0 unspecified atom stereocenters. The summed E-state index contributed by atoms with van der Waals surface area (Å²) in [5, 5.41) is 7.31. The molecule has 0 aliphatic rings. The molecule has 0 atom stereocenters. The van der Waals surface area contributed by atoms with Crippen LogP contribution in [0.1, 0.15) is 9.67 Å².